The number of piperidine rings is 1. The number of benzene rings is 3. The van der Waals surface area contributed by atoms with Crippen LogP contribution in [0.15, 0.2) is 72.8 Å². The summed E-state index contributed by atoms with van der Waals surface area (Å²) >= 11 is 0. The number of ketones is 1. The van der Waals surface area contributed by atoms with Gasteiger partial charge in [0.15, 0.2) is 17.3 Å². The minimum atomic E-state index is -0.957. The highest BCUT2D eigenvalue weighted by atomic mass is 16.6. The lowest BCUT2D eigenvalue weighted by Gasteiger charge is -2.65. The topological polar surface area (TPSA) is 79.3 Å². The van der Waals surface area contributed by atoms with Crippen LogP contribution in [-0.2, 0) is 23.1 Å². The Morgan fingerprint density at radius 2 is 1.69 bits per heavy atom. The van der Waals surface area contributed by atoms with E-state index in [1.165, 1.54) is 30.9 Å². The van der Waals surface area contributed by atoms with Crippen LogP contribution in [-0.4, -0.2) is 76.6 Å². The molecule has 2 saturated carbocycles. The molecule has 7 nitrogen and oxygen atoms in total. The summed E-state index contributed by atoms with van der Waals surface area (Å²) in [5, 5.41) is 13.1. The SMILES string of the molecule is CC(=O)Oc1ccc2c3c1O[C@H]1[C@@H](N(CCCCCCc4ccccc4)CC(=O)c4ccccc4)CC[C@@]4(O)[C@@H](C2)N(CC2CC2)CC[C@]314. The van der Waals surface area contributed by atoms with Crippen molar-refractivity contribution in [1.29, 1.82) is 0 Å². The first-order chi connectivity index (χ1) is 23.9. The van der Waals surface area contributed by atoms with Crippen LogP contribution in [0.25, 0.3) is 0 Å². The summed E-state index contributed by atoms with van der Waals surface area (Å²) in [6, 6.07) is 24.2. The molecule has 5 atom stereocenters. The third kappa shape index (κ3) is 5.92. The molecule has 3 aromatic rings. The molecule has 2 heterocycles. The van der Waals surface area contributed by atoms with Gasteiger partial charge in [0.05, 0.1) is 17.6 Å². The van der Waals surface area contributed by atoms with Gasteiger partial charge in [-0.2, -0.15) is 0 Å². The zero-order valence-corrected chi connectivity index (χ0v) is 28.8. The van der Waals surface area contributed by atoms with Gasteiger partial charge in [-0.15, -0.1) is 0 Å². The standard InChI is InChI=1S/C42H50N2O5/c1-29(45)48-36-20-19-33-26-37-42(47)22-21-34(40-41(42,38(33)39(36)49-40)23-25-44(37)27-31-17-18-31)43(28-35(46)32-15-9-5-10-16-32)24-11-3-2-6-12-30-13-7-4-8-14-30/h4-5,7-10,13-16,19-20,31,34,37,40,47H,2-3,6,11-12,17-18,21-28H2,1H3/t34-,37+,40-,41-,42+/m0/s1. The van der Waals surface area contributed by atoms with Gasteiger partial charge in [-0.3, -0.25) is 19.4 Å². The number of hydrogen-bond donors (Lipinski definition) is 1. The minimum absolute atomic E-state index is 0.0240. The molecule has 8 rings (SSSR count). The second-order valence-electron chi connectivity index (χ2n) is 15.4. The van der Waals surface area contributed by atoms with Gasteiger partial charge in [-0.05, 0) is 94.0 Å². The molecular formula is C42H50N2O5. The van der Waals surface area contributed by atoms with Gasteiger partial charge in [0.1, 0.15) is 6.10 Å². The highest BCUT2D eigenvalue weighted by Crippen LogP contribution is 2.66. The maximum atomic E-state index is 13.8. The largest absolute Gasteiger partial charge is 0.483 e. The highest BCUT2D eigenvalue weighted by molar-refractivity contribution is 5.97. The van der Waals surface area contributed by atoms with E-state index in [0.29, 0.717) is 24.5 Å². The minimum Gasteiger partial charge on any atom is -0.483 e. The molecule has 7 heteroatoms. The number of hydrogen-bond acceptors (Lipinski definition) is 7. The van der Waals surface area contributed by atoms with E-state index in [-0.39, 0.29) is 29.9 Å². The van der Waals surface area contributed by atoms with Crippen molar-refractivity contribution in [2.75, 3.05) is 26.2 Å². The third-order valence-corrected chi connectivity index (χ3v) is 12.4. The Kier molecular flexibility index (Phi) is 8.88. The van der Waals surface area contributed by atoms with Crippen LogP contribution in [0.3, 0.4) is 0 Å². The lowest BCUT2D eigenvalue weighted by molar-refractivity contribution is -0.200. The quantitative estimate of drug-likeness (QED) is 0.0910. The van der Waals surface area contributed by atoms with Crippen LogP contribution in [0.5, 0.6) is 11.5 Å². The van der Waals surface area contributed by atoms with E-state index in [9.17, 15) is 14.7 Å². The predicted octanol–water partition coefficient (Wildman–Crippen LogP) is 6.53. The molecule has 2 aliphatic heterocycles. The van der Waals surface area contributed by atoms with Gasteiger partial charge in [0.2, 0.25) is 0 Å². The van der Waals surface area contributed by atoms with E-state index >= 15 is 0 Å². The predicted molar refractivity (Wildman–Crippen MR) is 189 cm³/mol. The van der Waals surface area contributed by atoms with Crippen molar-refractivity contribution in [3.05, 3.63) is 95.1 Å². The number of carbonyl (C=O) groups excluding carboxylic acids is 2. The van der Waals surface area contributed by atoms with Crippen LogP contribution in [0.4, 0.5) is 0 Å². The van der Waals surface area contributed by atoms with E-state index in [4.69, 9.17) is 9.47 Å². The monoisotopic (exact) mass is 662 g/mol. The first kappa shape index (κ1) is 32.7. The number of carbonyl (C=O) groups is 2. The number of aliphatic hydroxyl groups is 1. The first-order valence-electron chi connectivity index (χ1n) is 18.7. The van der Waals surface area contributed by atoms with Gasteiger partial charge >= 0.3 is 5.97 Å². The fourth-order valence-electron chi connectivity index (χ4n) is 9.96. The van der Waals surface area contributed by atoms with Crippen molar-refractivity contribution in [2.24, 2.45) is 5.92 Å². The molecule has 3 fully saturated rings. The Balaban J connectivity index is 1.09. The molecule has 3 aromatic carbocycles. The molecule has 0 amide bonds. The van der Waals surface area contributed by atoms with Crippen LogP contribution in [0.1, 0.15) is 91.8 Å². The fourth-order valence-corrected chi connectivity index (χ4v) is 9.96. The Hall–Kier alpha value is -3.52. The number of nitrogens with zero attached hydrogens (tertiary/aromatic N) is 2. The molecule has 1 N–H and O–H groups in total. The van der Waals surface area contributed by atoms with Crippen LogP contribution >= 0.6 is 0 Å². The number of ether oxygens (including phenoxy) is 2. The summed E-state index contributed by atoms with van der Waals surface area (Å²) in [6.45, 7) is 4.49. The van der Waals surface area contributed by atoms with Crippen LogP contribution < -0.4 is 9.47 Å². The average Bonchev–Trinajstić information content (AvgIpc) is 3.85. The van der Waals surface area contributed by atoms with Crippen molar-refractivity contribution >= 4 is 11.8 Å². The second kappa shape index (κ2) is 13.3. The Morgan fingerprint density at radius 1 is 0.939 bits per heavy atom. The number of esters is 1. The molecule has 0 aromatic heterocycles. The van der Waals surface area contributed by atoms with E-state index < -0.39 is 11.0 Å². The van der Waals surface area contributed by atoms with Crippen molar-refractivity contribution in [3.63, 3.8) is 0 Å². The van der Waals surface area contributed by atoms with E-state index in [2.05, 4.69) is 46.2 Å². The maximum absolute atomic E-state index is 13.8. The van der Waals surface area contributed by atoms with Gasteiger partial charge in [0, 0.05) is 36.7 Å². The lowest BCUT2D eigenvalue weighted by Crippen LogP contribution is -2.78. The Labute approximate surface area is 290 Å². The molecular weight excluding hydrogens is 612 g/mol. The van der Waals surface area contributed by atoms with E-state index in [0.717, 1.165) is 88.0 Å². The van der Waals surface area contributed by atoms with Gasteiger partial charge in [0.25, 0.3) is 0 Å². The van der Waals surface area contributed by atoms with E-state index in [1.54, 1.807) is 0 Å². The number of likely N-dealkylation sites (tertiary alicyclic amines) is 1. The zero-order chi connectivity index (χ0) is 33.6. The van der Waals surface area contributed by atoms with E-state index in [1.807, 2.05) is 36.4 Å². The summed E-state index contributed by atoms with van der Waals surface area (Å²) < 4.78 is 12.8. The average molecular weight is 663 g/mol. The van der Waals surface area contributed by atoms with Crippen molar-refractivity contribution in [2.45, 2.75) is 107 Å². The molecule has 1 saturated heterocycles. The van der Waals surface area contributed by atoms with Gasteiger partial charge in [-0.1, -0.05) is 79.6 Å². The van der Waals surface area contributed by atoms with Crippen LogP contribution in [0.2, 0.25) is 0 Å². The number of unbranched alkanes of at least 4 members (excludes halogenated alkanes) is 3. The summed E-state index contributed by atoms with van der Waals surface area (Å²) in [5.41, 5.74) is 2.79. The molecule has 0 unspecified atom stereocenters. The molecule has 0 radical (unpaired) electrons. The molecule has 49 heavy (non-hydrogen) atoms. The first-order valence-corrected chi connectivity index (χ1v) is 18.7. The normalized spacial score (nSPS) is 28.2. The maximum Gasteiger partial charge on any atom is 0.308 e. The molecule has 1 spiro atoms. The lowest BCUT2D eigenvalue weighted by atomic mass is 9.48. The molecule has 5 aliphatic rings. The number of rotatable bonds is 14. The van der Waals surface area contributed by atoms with Crippen molar-refractivity contribution in [3.8, 4) is 11.5 Å². The highest BCUT2D eigenvalue weighted by Gasteiger charge is 2.73. The smallest absolute Gasteiger partial charge is 0.308 e. The van der Waals surface area contributed by atoms with Crippen LogP contribution in [0, 0.1) is 5.92 Å². The fraction of sp³-hybridized carbons (Fsp3) is 0.524. The summed E-state index contributed by atoms with van der Waals surface area (Å²) in [4.78, 5) is 31.0. The summed E-state index contributed by atoms with van der Waals surface area (Å²) in [7, 11) is 0. The van der Waals surface area contributed by atoms with Crippen molar-refractivity contribution in [1.82, 2.24) is 9.80 Å². The third-order valence-electron chi connectivity index (χ3n) is 12.4. The Bertz CT molecular complexity index is 1680. The van der Waals surface area contributed by atoms with Crippen molar-refractivity contribution < 1.29 is 24.2 Å². The number of Topliss-reactive ketones (excluding diaryl/α,β-unsaturated/α-hetero) is 1. The molecule has 258 valence electrons. The summed E-state index contributed by atoms with van der Waals surface area (Å²) in [6.07, 6.45) is 10.6. The second-order valence-corrected chi connectivity index (χ2v) is 15.4. The van der Waals surface area contributed by atoms with Gasteiger partial charge in [-0.25, -0.2) is 0 Å². The van der Waals surface area contributed by atoms with Gasteiger partial charge < -0.3 is 14.6 Å². The zero-order valence-electron chi connectivity index (χ0n) is 28.8. The molecule has 3 aliphatic carbocycles. The Morgan fingerprint density at radius 3 is 2.45 bits per heavy atom. The summed E-state index contributed by atoms with van der Waals surface area (Å²) in [5.74, 6) is 1.54. The number of aryl methyl sites for hydroxylation is 1. The molecule has 2 bridgehead atoms.